The number of ether oxygens (including phenoxy) is 1. The summed E-state index contributed by atoms with van der Waals surface area (Å²) in [7, 11) is 0. The highest BCUT2D eigenvalue weighted by Crippen LogP contribution is 2.18. The van der Waals surface area contributed by atoms with Gasteiger partial charge in [0.25, 0.3) is 0 Å². The number of thioether (sulfide) groups is 1. The normalized spacial score (nSPS) is 12.4. The van der Waals surface area contributed by atoms with Crippen LogP contribution in [0.1, 0.15) is 47.0 Å². The summed E-state index contributed by atoms with van der Waals surface area (Å²) in [5.74, 6) is -2.74. The molecule has 2 atom stereocenters. The van der Waals surface area contributed by atoms with Crippen molar-refractivity contribution in [2.75, 3.05) is 31.7 Å². The molecule has 2 unspecified atom stereocenters. The zero-order valence-electron chi connectivity index (χ0n) is 23.5. The van der Waals surface area contributed by atoms with Crippen molar-refractivity contribution in [3.63, 3.8) is 0 Å². The van der Waals surface area contributed by atoms with E-state index in [9.17, 15) is 34.2 Å². The molecule has 0 aliphatic carbocycles. The number of hydrogen-bond acceptors (Lipinski definition) is 10. The van der Waals surface area contributed by atoms with Crippen LogP contribution in [0.15, 0.2) is 12.1 Å². The van der Waals surface area contributed by atoms with E-state index in [1.165, 1.54) is 11.8 Å². The van der Waals surface area contributed by atoms with Gasteiger partial charge >= 0.3 is 12.1 Å². The zero-order valence-corrected chi connectivity index (χ0v) is 24.3. The molecule has 1 aromatic rings. The first-order chi connectivity index (χ1) is 18.8. The molecule has 0 bridgehead atoms. The molecule has 0 saturated heterocycles. The summed E-state index contributed by atoms with van der Waals surface area (Å²) in [5.41, 5.74) is 0. The number of aromatic nitrogens is 1. The van der Waals surface area contributed by atoms with E-state index >= 15 is 0 Å². The molecule has 0 aromatic carbocycles. The van der Waals surface area contributed by atoms with E-state index < -0.39 is 60.2 Å². The van der Waals surface area contributed by atoms with Crippen LogP contribution in [-0.2, 0) is 23.9 Å². The fourth-order valence-electron chi connectivity index (χ4n) is 3.21. The Morgan fingerprint density at radius 2 is 1.57 bits per heavy atom. The number of carbonyl (C=O) groups excluding carboxylic acids is 5. The van der Waals surface area contributed by atoms with Gasteiger partial charge in [-0.1, -0.05) is 27.7 Å². The first kappa shape index (κ1) is 34.4. The average Bonchev–Trinajstić information content (AvgIpc) is 3.19. The van der Waals surface area contributed by atoms with Crippen molar-refractivity contribution in [1.82, 2.24) is 26.0 Å². The SMILES string of the molecule is CSCCC(NC(=O)OCC(C)C)C(=O)NC(CC(C)C)C(=O)NCC(=O)NCCC(=O)On1c(O)ccc1O. The smallest absolute Gasteiger partial charge is 0.407 e. The molecular formula is C25H41N5O9S. The molecular weight excluding hydrogens is 546 g/mol. The van der Waals surface area contributed by atoms with E-state index in [-0.39, 0.29) is 37.8 Å². The van der Waals surface area contributed by atoms with E-state index in [1.54, 1.807) is 0 Å². The van der Waals surface area contributed by atoms with Gasteiger partial charge in [-0.3, -0.25) is 14.4 Å². The number of nitrogens with one attached hydrogen (secondary N) is 4. The number of aromatic hydroxyl groups is 2. The number of amides is 4. The molecule has 40 heavy (non-hydrogen) atoms. The highest BCUT2D eigenvalue weighted by atomic mass is 32.2. The maximum absolute atomic E-state index is 13.0. The van der Waals surface area contributed by atoms with Crippen LogP contribution in [-0.4, -0.2) is 88.5 Å². The second kappa shape index (κ2) is 17.9. The van der Waals surface area contributed by atoms with E-state index in [2.05, 4.69) is 21.3 Å². The maximum Gasteiger partial charge on any atom is 0.407 e. The first-order valence-corrected chi connectivity index (χ1v) is 14.3. The fraction of sp³-hybridized carbons (Fsp3) is 0.640. The molecule has 0 radical (unpaired) electrons. The van der Waals surface area contributed by atoms with Crippen LogP contribution in [0.3, 0.4) is 0 Å². The zero-order chi connectivity index (χ0) is 30.2. The van der Waals surface area contributed by atoms with Gasteiger partial charge in [0.15, 0.2) is 0 Å². The predicted molar refractivity (Wildman–Crippen MR) is 147 cm³/mol. The van der Waals surface area contributed by atoms with Gasteiger partial charge in [0, 0.05) is 18.7 Å². The molecule has 1 rings (SSSR count). The van der Waals surface area contributed by atoms with Crippen molar-refractivity contribution in [3.05, 3.63) is 12.1 Å². The summed E-state index contributed by atoms with van der Waals surface area (Å²) in [6.07, 6.45) is 1.49. The van der Waals surface area contributed by atoms with E-state index in [4.69, 9.17) is 9.57 Å². The molecule has 226 valence electrons. The Bertz CT molecular complexity index is 980. The molecule has 0 spiro atoms. The van der Waals surface area contributed by atoms with Crippen molar-refractivity contribution in [1.29, 1.82) is 0 Å². The average molecular weight is 588 g/mol. The predicted octanol–water partition coefficient (Wildman–Crippen LogP) is 0.512. The topological polar surface area (TPSA) is 197 Å². The summed E-state index contributed by atoms with van der Waals surface area (Å²) in [6.45, 7) is 7.18. The highest BCUT2D eigenvalue weighted by Gasteiger charge is 2.28. The van der Waals surface area contributed by atoms with Gasteiger partial charge in [0.2, 0.25) is 29.5 Å². The Hall–Kier alpha value is -3.62. The van der Waals surface area contributed by atoms with Crippen LogP contribution in [0.5, 0.6) is 11.8 Å². The molecule has 0 aliphatic rings. The van der Waals surface area contributed by atoms with E-state index in [0.717, 1.165) is 12.1 Å². The summed E-state index contributed by atoms with van der Waals surface area (Å²) in [4.78, 5) is 66.8. The Labute approximate surface area is 237 Å². The number of carbonyl (C=O) groups is 5. The van der Waals surface area contributed by atoms with Gasteiger partial charge < -0.3 is 41.1 Å². The second-order valence-corrected chi connectivity index (χ2v) is 10.8. The molecule has 1 aromatic heterocycles. The standard InChI is InChI=1S/C25H41N5O9S/c1-15(2)12-18(28-24(36)17(9-11-40-5)29-25(37)38-14-16(3)4)23(35)27-13-19(31)26-10-8-22(34)39-30-20(32)6-7-21(30)33/h6-7,15-18,32-33H,8-14H2,1-5H3,(H,26,31)(H,27,35)(H,28,36)(H,29,37). The lowest BCUT2D eigenvalue weighted by molar-refractivity contribution is -0.145. The Morgan fingerprint density at radius 1 is 0.925 bits per heavy atom. The van der Waals surface area contributed by atoms with Crippen molar-refractivity contribution < 1.29 is 43.8 Å². The quantitative estimate of drug-likeness (QED) is 0.149. The van der Waals surface area contributed by atoms with Gasteiger partial charge in [-0.2, -0.15) is 11.8 Å². The largest absolute Gasteiger partial charge is 0.492 e. The lowest BCUT2D eigenvalue weighted by Crippen LogP contribution is -2.55. The summed E-state index contributed by atoms with van der Waals surface area (Å²) < 4.78 is 5.65. The van der Waals surface area contributed by atoms with Crippen molar-refractivity contribution >= 4 is 41.5 Å². The molecule has 1 heterocycles. The summed E-state index contributed by atoms with van der Waals surface area (Å²) >= 11 is 1.50. The van der Waals surface area contributed by atoms with Crippen LogP contribution in [0.2, 0.25) is 0 Å². The number of nitrogens with zero attached hydrogens (tertiary/aromatic N) is 1. The minimum atomic E-state index is -0.956. The summed E-state index contributed by atoms with van der Waals surface area (Å²) in [6, 6.07) is 0.394. The third kappa shape index (κ3) is 13.4. The molecule has 0 saturated carbocycles. The lowest BCUT2D eigenvalue weighted by atomic mass is 10.0. The molecule has 0 fully saturated rings. The number of hydrogen-bond donors (Lipinski definition) is 6. The van der Waals surface area contributed by atoms with Crippen LogP contribution in [0.25, 0.3) is 0 Å². The minimum Gasteiger partial charge on any atom is -0.492 e. The van der Waals surface area contributed by atoms with Gasteiger partial charge in [-0.25, -0.2) is 9.59 Å². The van der Waals surface area contributed by atoms with E-state index in [1.807, 2.05) is 34.0 Å². The fourth-order valence-corrected chi connectivity index (χ4v) is 3.68. The number of rotatable bonds is 17. The third-order valence-electron chi connectivity index (χ3n) is 5.17. The van der Waals surface area contributed by atoms with Crippen LogP contribution in [0.4, 0.5) is 4.79 Å². The first-order valence-electron chi connectivity index (χ1n) is 12.9. The van der Waals surface area contributed by atoms with Gasteiger partial charge in [0.1, 0.15) is 12.1 Å². The molecule has 14 nitrogen and oxygen atoms in total. The van der Waals surface area contributed by atoms with Gasteiger partial charge in [0.05, 0.1) is 19.6 Å². The highest BCUT2D eigenvalue weighted by molar-refractivity contribution is 7.98. The molecule has 15 heteroatoms. The third-order valence-corrected chi connectivity index (χ3v) is 5.82. The maximum atomic E-state index is 13.0. The van der Waals surface area contributed by atoms with Crippen molar-refractivity contribution in [2.45, 2.75) is 59.0 Å². The van der Waals surface area contributed by atoms with Crippen LogP contribution < -0.4 is 26.1 Å². The lowest BCUT2D eigenvalue weighted by Gasteiger charge is -2.24. The van der Waals surface area contributed by atoms with Crippen LogP contribution >= 0.6 is 11.8 Å². The minimum absolute atomic E-state index is 0.0312. The van der Waals surface area contributed by atoms with Gasteiger partial charge in [-0.15, -0.1) is 4.73 Å². The molecule has 4 amide bonds. The van der Waals surface area contributed by atoms with Crippen molar-refractivity contribution in [3.8, 4) is 11.8 Å². The Morgan fingerprint density at radius 3 is 2.15 bits per heavy atom. The molecule has 6 N–H and O–H groups in total. The van der Waals surface area contributed by atoms with Gasteiger partial charge in [-0.05, 0) is 36.7 Å². The monoisotopic (exact) mass is 587 g/mol. The summed E-state index contributed by atoms with van der Waals surface area (Å²) in [5, 5.41) is 29.1. The number of alkyl carbamates (subject to hydrolysis) is 1. The van der Waals surface area contributed by atoms with Crippen LogP contribution in [0, 0.1) is 11.8 Å². The Balaban J connectivity index is 2.61. The second-order valence-electron chi connectivity index (χ2n) is 9.79. The molecule has 0 aliphatic heterocycles. The Kier molecular flexibility index (Phi) is 15.4. The van der Waals surface area contributed by atoms with Crippen molar-refractivity contribution in [2.24, 2.45) is 11.8 Å². The van der Waals surface area contributed by atoms with E-state index in [0.29, 0.717) is 16.9 Å².